The van der Waals surface area contributed by atoms with Crippen molar-refractivity contribution in [3.8, 4) is 0 Å². The maximum atomic E-state index is 13.4. The second kappa shape index (κ2) is 3.66. The molecule has 0 radical (unpaired) electrons. The first-order valence-corrected chi connectivity index (χ1v) is 5.27. The van der Waals surface area contributed by atoms with Gasteiger partial charge in [-0.2, -0.15) is 0 Å². The van der Waals surface area contributed by atoms with Crippen LogP contribution in [0.1, 0.15) is 13.8 Å². The van der Waals surface area contributed by atoms with Crippen molar-refractivity contribution in [3.63, 3.8) is 0 Å². The zero-order valence-corrected chi connectivity index (χ0v) is 9.37. The summed E-state index contributed by atoms with van der Waals surface area (Å²) in [4.78, 5) is 5.48. The first-order valence-electron chi connectivity index (χ1n) is 5.27. The van der Waals surface area contributed by atoms with Crippen LogP contribution < -0.4 is 10.6 Å². The first-order chi connectivity index (χ1) is 7.42. The predicted octanol–water partition coefficient (Wildman–Crippen LogP) is 1.53. The monoisotopic (exact) mass is 227 g/mol. The van der Waals surface area contributed by atoms with E-state index in [1.807, 2.05) is 13.8 Å². The third-order valence-electron chi connectivity index (χ3n) is 3.21. The van der Waals surface area contributed by atoms with Crippen LogP contribution in [0.5, 0.6) is 0 Å². The molecule has 1 fully saturated rings. The highest BCUT2D eigenvalue weighted by Crippen LogP contribution is 2.31. The highest BCUT2D eigenvalue weighted by molar-refractivity contribution is 5.45. The minimum absolute atomic E-state index is 0.183. The van der Waals surface area contributed by atoms with Gasteiger partial charge in [0.25, 0.3) is 0 Å². The summed E-state index contributed by atoms with van der Waals surface area (Å²) in [5.41, 5.74) is 5.80. The summed E-state index contributed by atoms with van der Waals surface area (Å²) in [6.07, 6.45) is 1.02. The highest BCUT2D eigenvalue weighted by Gasteiger charge is 2.43. The van der Waals surface area contributed by atoms with Crippen LogP contribution >= 0.6 is 0 Å². The number of rotatable bonds is 2. The van der Waals surface area contributed by atoms with Crippen LogP contribution in [0.3, 0.4) is 0 Å². The van der Waals surface area contributed by atoms with E-state index in [-0.39, 0.29) is 11.4 Å². The molecule has 5 heteroatoms. The summed E-state index contributed by atoms with van der Waals surface area (Å²) >= 11 is 0. The van der Waals surface area contributed by atoms with Crippen LogP contribution in [0.4, 0.5) is 14.6 Å². The van der Waals surface area contributed by atoms with Gasteiger partial charge >= 0.3 is 0 Å². The SMILES string of the molecule is CC(C)C1(N)CN(c2ncc(F)cc2F)C1. The van der Waals surface area contributed by atoms with Crippen LogP contribution in [0, 0.1) is 17.6 Å². The fraction of sp³-hybridized carbons (Fsp3) is 0.545. The predicted molar refractivity (Wildman–Crippen MR) is 58.1 cm³/mol. The Morgan fingerprint density at radius 1 is 1.44 bits per heavy atom. The molecule has 0 aromatic carbocycles. The summed E-state index contributed by atoms with van der Waals surface area (Å²) in [7, 11) is 0. The van der Waals surface area contributed by atoms with Crippen molar-refractivity contribution in [2.45, 2.75) is 19.4 Å². The van der Waals surface area contributed by atoms with E-state index in [0.717, 1.165) is 12.3 Å². The fourth-order valence-corrected chi connectivity index (χ4v) is 1.82. The fourth-order valence-electron chi connectivity index (χ4n) is 1.82. The molecule has 1 aromatic heterocycles. The largest absolute Gasteiger partial charge is 0.350 e. The van der Waals surface area contributed by atoms with Crippen molar-refractivity contribution in [3.05, 3.63) is 23.9 Å². The van der Waals surface area contributed by atoms with Gasteiger partial charge in [0.1, 0.15) is 5.82 Å². The van der Waals surface area contributed by atoms with E-state index in [1.54, 1.807) is 4.90 Å². The maximum Gasteiger partial charge on any atom is 0.168 e. The lowest BCUT2D eigenvalue weighted by Crippen LogP contribution is -2.70. The molecule has 0 aliphatic carbocycles. The molecule has 0 atom stereocenters. The number of aromatic nitrogens is 1. The van der Waals surface area contributed by atoms with Gasteiger partial charge in [-0.15, -0.1) is 0 Å². The number of pyridine rings is 1. The standard InChI is InChI=1S/C11H15F2N3/c1-7(2)11(14)5-16(6-11)10-9(13)3-8(12)4-15-10/h3-4,7H,5-6,14H2,1-2H3. The Labute approximate surface area is 93.3 Å². The zero-order chi connectivity index (χ0) is 11.9. The Balaban J connectivity index is 2.12. The van der Waals surface area contributed by atoms with Crippen LogP contribution in [0.15, 0.2) is 12.3 Å². The van der Waals surface area contributed by atoms with Gasteiger partial charge in [-0.3, -0.25) is 0 Å². The second-order valence-corrected chi connectivity index (χ2v) is 4.70. The molecule has 0 saturated carbocycles. The number of anilines is 1. The Morgan fingerprint density at radius 3 is 2.56 bits per heavy atom. The van der Waals surface area contributed by atoms with Crippen molar-refractivity contribution < 1.29 is 8.78 Å². The van der Waals surface area contributed by atoms with Crippen molar-refractivity contribution in [1.29, 1.82) is 0 Å². The second-order valence-electron chi connectivity index (χ2n) is 4.70. The van der Waals surface area contributed by atoms with Gasteiger partial charge in [0.15, 0.2) is 11.6 Å². The number of nitrogens with zero attached hydrogens (tertiary/aromatic N) is 2. The van der Waals surface area contributed by atoms with E-state index >= 15 is 0 Å². The lowest BCUT2D eigenvalue weighted by Gasteiger charge is -2.50. The smallest absolute Gasteiger partial charge is 0.168 e. The van der Waals surface area contributed by atoms with Gasteiger partial charge < -0.3 is 10.6 Å². The van der Waals surface area contributed by atoms with Gasteiger partial charge in [-0.05, 0) is 5.92 Å². The summed E-state index contributed by atoms with van der Waals surface area (Å²) in [5, 5.41) is 0. The molecule has 2 N–H and O–H groups in total. The van der Waals surface area contributed by atoms with Crippen LogP contribution in [0.25, 0.3) is 0 Å². The molecule has 0 bridgehead atoms. The van der Waals surface area contributed by atoms with E-state index in [2.05, 4.69) is 4.98 Å². The molecule has 1 aliphatic heterocycles. The molecule has 2 heterocycles. The van der Waals surface area contributed by atoms with E-state index in [9.17, 15) is 8.78 Å². The number of halogens is 2. The van der Waals surface area contributed by atoms with E-state index < -0.39 is 11.6 Å². The van der Waals surface area contributed by atoms with E-state index in [4.69, 9.17) is 5.73 Å². The quantitative estimate of drug-likeness (QED) is 0.833. The molecule has 1 aliphatic rings. The van der Waals surface area contributed by atoms with Crippen molar-refractivity contribution in [1.82, 2.24) is 4.98 Å². The van der Waals surface area contributed by atoms with E-state index in [0.29, 0.717) is 19.0 Å². The summed E-state index contributed by atoms with van der Waals surface area (Å²) in [5.74, 6) is -0.786. The Kier molecular flexibility index (Phi) is 2.58. The van der Waals surface area contributed by atoms with Gasteiger partial charge in [-0.1, -0.05) is 13.8 Å². The molecule has 16 heavy (non-hydrogen) atoms. The molecule has 0 amide bonds. The van der Waals surface area contributed by atoms with Crippen LogP contribution in [0.2, 0.25) is 0 Å². The summed E-state index contributed by atoms with van der Waals surface area (Å²) < 4.78 is 26.1. The molecular weight excluding hydrogens is 212 g/mol. The van der Waals surface area contributed by atoms with Gasteiger partial charge in [-0.25, -0.2) is 13.8 Å². The van der Waals surface area contributed by atoms with Gasteiger partial charge in [0, 0.05) is 19.2 Å². The zero-order valence-electron chi connectivity index (χ0n) is 9.37. The molecule has 3 nitrogen and oxygen atoms in total. The Morgan fingerprint density at radius 2 is 2.06 bits per heavy atom. The highest BCUT2D eigenvalue weighted by atomic mass is 19.1. The Hall–Kier alpha value is -1.23. The summed E-state index contributed by atoms with van der Waals surface area (Å²) in [6.45, 7) is 5.18. The maximum absolute atomic E-state index is 13.4. The molecule has 0 unspecified atom stereocenters. The lowest BCUT2D eigenvalue weighted by molar-refractivity contribution is 0.242. The van der Waals surface area contributed by atoms with Gasteiger partial charge in [0.2, 0.25) is 0 Å². The van der Waals surface area contributed by atoms with Crippen LogP contribution in [-0.4, -0.2) is 23.6 Å². The molecule has 1 saturated heterocycles. The molecule has 1 aromatic rings. The molecule has 0 spiro atoms. The molecule has 2 rings (SSSR count). The molecular formula is C11H15F2N3. The van der Waals surface area contributed by atoms with E-state index in [1.165, 1.54) is 0 Å². The molecule has 88 valence electrons. The number of hydrogen-bond acceptors (Lipinski definition) is 3. The lowest BCUT2D eigenvalue weighted by atomic mass is 9.80. The minimum Gasteiger partial charge on any atom is -0.350 e. The minimum atomic E-state index is -0.662. The normalized spacial score (nSPS) is 18.8. The van der Waals surface area contributed by atoms with Crippen molar-refractivity contribution >= 4 is 5.82 Å². The number of hydrogen-bond donors (Lipinski definition) is 1. The van der Waals surface area contributed by atoms with Crippen molar-refractivity contribution in [2.24, 2.45) is 11.7 Å². The average molecular weight is 227 g/mol. The summed E-state index contributed by atoms with van der Waals surface area (Å²) in [6, 6.07) is 0.841. The van der Waals surface area contributed by atoms with Crippen molar-refractivity contribution in [2.75, 3.05) is 18.0 Å². The van der Waals surface area contributed by atoms with Crippen LogP contribution in [-0.2, 0) is 0 Å². The van der Waals surface area contributed by atoms with Gasteiger partial charge in [0.05, 0.1) is 11.7 Å². The topological polar surface area (TPSA) is 42.1 Å². The Bertz CT molecular complexity index is 400. The third kappa shape index (κ3) is 1.75. The third-order valence-corrected chi connectivity index (χ3v) is 3.21. The average Bonchev–Trinajstić information content (AvgIpc) is 2.13. The number of nitrogens with two attached hydrogens (primary N) is 1. The first kappa shape index (κ1) is 11.3.